The maximum atomic E-state index is 11.2. The molecule has 0 aliphatic rings. The molecule has 0 radical (unpaired) electrons. The Kier molecular flexibility index (Phi) is 7.14. The van der Waals surface area contributed by atoms with Gasteiger partial charge in [0.2, 0.25) is 0 Å². The minimum atomic E-state index is -0.669. The van der Waals surface area contributed by atoms with Gasteiger partial charge < -0.3 is 9.68 Å². The first-order valence-corrected chi connectivity index (χ1v) is 5.07. The summed E-state index contributed by atoms with van der Waals surface area (Å²) in [6.07, 6.45) is -0.669. The standard InChI is InChI=1S/C9H20N2O3/c1-5-10(6-2)13-9(12)14-11(7-3)8-4/h5-8H2,1-4H3. The Bertz CT molecular complexity index is 140. The van der Waals surface area contributed by atoms with Gasteiger partial charge in [0, 0.05) is 26.2 Å². The van der Waals surface area contributed by atoms with E-state index >= 15 is 0 Å². The maximum Gasteiger partial charge on any atom is 0.547 e. The lowest BCUT2D eigenvalue weighted by Gasteiger charge is -2.20. The summed E-state index contributed by atoms with van der Waals surface area (Å²) in [5.41, 5.74) is 0. The van der Waals surface area contributed by atoms with Crippen molar-refractivity contribution in [1.82, 2.24) is 10.1 Å². The van der Waals surface area contributed by atoms with E-state index in [9.17, 15) is 4.79 Å². The van der Waals surface area contributed by atoms with E-state index in [1.807, 2.05) is 27.7 Å². The van der Waals surface area contributed by atoms with Crippen molar-refractivity contribution < 1.29 is 14.5 Å². The predicted octanol–water partition coefficient (Wildman–Crippen LogP) is 1.65. The summed E-state index contributed by atoms with van der Waals surface area (Å²) < 4.78 is 0. The average Bonchev–Trinajstić information content (AvgIpc) is 2.22. The van der Waals surface area contributed by atoms with E-state index in [0.717, 1.165) is 0 Å². The van der Waals surface area contributed by atoms with E-state index in [0.29, 0.717) is 26.2 Å². The van der Waals surface area contributed by atoms with E-state index < -0.39 is 6.16 Å². The quantitative estimate of drug-likeness (QED) is 0.615. The number of nitrogens with zero attached hydrogens (tertiary/aromatic N) is 2. The smallest absolute Gasteiger partial charge is 0.334 e. The molecule has 0 spiro atoms. The van der Waals surface area contributed by atoms with E-state index in [1.54, 1.807) is 0 Å². The zero-order valence-corrected chi connectivity index (χ0v) is 9.45. The van der Waals surface area contributed by atoms with Crippen LogP contribution in [0.15, 0.2) is 0 Å². The summed E-state index contributed by atoms with van der Waals surface area (Å²) in [6, 6.07) is 0. The van der Waals surface area contributed by atoms with Crippen molar-refractivity contribution in [2.75, 3.05) is 26.2 Å². The third kappa shape index (κ3) is 5.04. The largest absolute Gasteiger partial charge is 0.547 e. The second kappa shape index (κ2) is 7.58. The number of rotatable bonds is 6. The van der Waals surface area contributed by atoms with Gasteiger partial charge in [0.05, 0.1) is 0 Å². The van der Waals surface area contributed by atoms with Crippen molar-refractivity contribution in [3.63, 3.8) is 0 Å². The molecule has 0 atom stereocenters. The van der Waals surface area contributed by atoms with Crippen LogP contribution in [0.2, 0.25) is 0 Å². The molecule has 0 aliphatic heterocycles. The summed E-state index contributed by atoms with van der Waals surface area (Å²) in [4.78, 5) is 21.0. The van der Waals surface area contributed by atoms with Gasteiger partial charge in [0.15, 0.2) is 0 Å². The van der Waals surface area contributed by atoms with Crippen LogP contribution >= 0.6 is 0 Å². The van der Waals surface area contributed by atoms with Gasteiger partial charge >= 0.3 is 6.16 Å². The van der Waals surface area contributed by atoms with Gasteiger partial charge in [-0.2, -0.15) is 4.79 Å². The minimum Gasteiger partial charge on any atom is -0.334 e. The van der Waals surface area contributed by atoms with Gasteiger partial charge in [0.1, 0.15) is 0 Å². The van der Waals surface area contributed by atoms with Crippen LogP contribution < -0.4 is 0 Å². The van der Waals surface area contributed by atoms with Gasteiger partial charge in [-0.25, -0.2) is 0 Å². The Balaban J connectivity index is 3.83. The van der Waals surface area contributed by atoms with Crippen molar-refractivity contribution >= 4 is 6.16 Å². The van der Waals surface area contributed by atoms with Gasteiger partial charge in [-0.3, -0.25) is 0 Å². The zero-order valence-electron chi connectivity index (χ0n) is 9.45. The molecule has 0 aromatic rings. The van der Waals surface area contributed by atoms with Crippen molar-refractivity contribution in [2.45, 2.75) is 27.7 Å². The lowest BCUT2D eigenvalue weighted by atomic mass is 10.6. The van der Waals surface area contributed by atoms with Crippen LogP contribution in [-0.2, 0) is 9.68 Å². The van der Waals surface area contributed by atoms with Gasteiger partial charge in [-0.15, -0.1) is 10.1 Å². The molecule has 14 heavy (non-hydrogen) atoms. The van der Waals surface area contributed by atoms with E-state index in [-0.39, 0.29) is 0 Å². The summed E-state index contributed by atoms with van der Waals surface area (Å²) in [5.74, 6) is 0. The van der Waals surface area contributed by atoms with Gasteiger partial charge in [0.25, 0.3) is 0 Å². The third-order valence-electron chi connectivity index (χ3n) is 1.82. The molecule has 0 saturated carbocycles. The second-order valence-corrected chi connectivity index (χ2v) is 2.66. The zero-order chi connectivity index (χ0) is 11.0. The van der Waals surface area contributed by atoms with Crippen LogP contribution in [0.4, 0.5) is 4.79 Å². The lowest BCUT2D eigenvalue weighted by Crippen LogP contribution is -2.32. The predicted molar refractivity (Wildman–Crippen MR) is 53.4 cm³/mol. The number of carbonyl (C=O) groups excluding carboxylic acids is 1. The number of carbonyl (C=O) groups is 1. The molecular weight excluding hydrogens is 184 g/mol. The Morgan fingerprint density at radius 1 is 0.857 bits per heavy atom. The van der Waals surface area contributed by atoms with Crippen LogP contribution in [0.1, 0.15) is 27.7 Å². The number of hydroxylamine groups is 4. The van der Waals surface area contributed by atoms with Crippen LogP contribution in [0.5, 0.6) is 0 Å². The Morgan fingerprint density at radius 2 is 1.14 bits per heavy atom. The molecule has 0 heterocycles. The molecule has 0 aliphatic carbocycles. The third-order valence-corrected chi connectivity index (χ3v) is 1.82. The monoisotopic (exact) mass is 204 g/mol. The molecule has 0 saturated heterocycles. The fraction of sp³-hybridized carbons (Fsp3) is 0.889. The molecule has 0 unspecified atom stereocenters. The highest BCUT2D eigenvalue weighted by Gasteiger charge is 2.13. The van der Waals surface area contributed by atoms with E-state index in [2.05, 4.69) is 0 Å². The molecule has 84 valence electrons. The molecule has 5 nitrogen and oxygen atoms in total. The van der Waals surface area contributed by atoms with Crippen LogP contribution in [-0.4, -0.2) is 42.5 Å². The molecule has 0 aromatic carbocycles. The van der Waals surface area contributed by atoms with Crippen molar-refractivity contribution in [3.8, 4) is 0 Å². The Labute approximate surface area is 85.5 Å². The highest BCUT2D eigenvalue weighted by molar-refractivity contribution is 5.59. The SMILES string of the molecule is CCN(CC)OC(=O)ON(CC)CC. The molecule has 0 fully saturated rings. The van der Waals surface area contributed by atoms with Crippen LogP contribution in [0.25, 0.3) is 0 Å². The topological polar surface area (TPSA) is 42.0 Å². The summed E-state index contributed by atoms with van der Waals surface area (Å²) in [7, 11) is 0. The van der Waals surface area contributed by atoms with E-state index in [4.69, 9.17) is 9.68 Å². The number of hydrogen-bond acceptors (Lipinski definition) is 5. The molecule has 0 N–H and O–H groups in total. The highest BCUT2D eigenvalue weighted by Crippen LogP contribution is 1.97. The molecule has 0 rings (SSSR count). The van der Waals surface area contributed by atoms with Crippen molar-refractivity contribution in [2.24, 2.45) is 0 Å². The minimum absolute atomic E-state index is 0.657. The Morgan fingerprint density at radius 3 is 1.36 bits per heavy atom. The normalized spacial score (nSPS) is 10.7. The second-order valence-electron chi connectivity index (χ2n) is 2.66. The first kappa shape index (κ1) is 13.2. The fourth-order valence-corrected chi connectivity index (χ4v) is 0.933. The van der Waals surface area contributed by atoms with Crippen molar-refractivity contribution in [1.29, 1.82) is 0 Å². The summed E-state index contributed by atoms with van der Waals surface area (Å²) in [5, 5.41) is 3.07. The van der Waals surface area contributed by atoms with Crippen LogP contribution in [0, 0.1) is 0 Å². The first-order chi connectivity index (χ1) is 6.67. The Hall–Kier alpha value is -0.810. The van der Waals surface area contributed by atoms with Gasteiger partial charge in [-0.05, 0) is 27.7 Å². The maximum absolute atomic E-state index is 11.2. The van der Waals surface area contributed by atoms with E-state index in [1.165, 1.54) is 10.1 Å². The summed E-state index contributed by atoms with van der Waals surface area (Å²) >= 11 is 0. The molecular formula is C9H20N2O3. The average molecular weight is 204 g/mol. The fourth-order valence-electron chi connectivity index (χ4n) is 0.933. The van der Waals surface area contributed by atoms with Gasteiger partial charge in [-0.1, -0.05) is 0 Å². The van der Waals surface area contributed by atoms with Crippen molar-refractivity contribution in [3.05, 3.63) is 0 Å². The molecule has 0 aromatic heterocycles. The number of hydrogen-bond donors (Lipinski definition) is 0. The lowest BCUT2D eigenvalue weighted by molar-refractivity contribution is -0.182. The summed E-state index contributed by atoms with van der Waals surface area (Å²) in [6.45, 7) is 10.3. The first-order valence-electron chi connectivity index (χ1n) is 5.07. The van der Waals surface area contributed by atoms with Crippen LogP contribution in [0.3, 0.4) is 0 Å². The highest BCUT2D eigenvalue weighted by atomic mass is 16.9. The molecule has 0 bridgehead atoms. The molecule has 0 amide bonds. The molecule has 5 heteroatoms.